The number of aryl methyl sites for hydroxylation is 1. The Hall–Kier alpha value is -1.69. The van der Waals surface area contributed by atoms with E-state index in [1.807, 2.05) is 66.8 Å². The van der Waals surface area contributed by atoms with E-state index in [0.717, 1.165) is 6.54 Å². The summed E-state index contributed by atoms with van der Waals surface area (Å²) in [5.74, 6) is 0. The largest absolute Gasteiger partial charge is 0.320 e. The molecule has 0 atom stereocenters. The second-order valence-corrected chi connectivity index (χ2v) is 6.44. The van der Waals surface area contributed by atoms with Crippen LogP contribution in [0.5, 0.6) is 0 Å². The normalized spacial score (nSPS) is 8.48. The van der Waals surface area contributed by atoms with Crippen molar-refractivity contribution in [3.05, 3.63) is 66.2 Å². The van der Waals surface area contributed by atoms with Gasteiger partial charge < -0.3 is 5.32 Å². The molecule has 0 amide bonds. The minimum atomic E-state index is -3.26. The summed E-state index contributed by atoms with van der Waals surface area (Å²) in [7, 11) is -1.33. The summed E-state index contributed by atoms with van der Waals surface area (Å²) in [6.45, 7) is 19.4. The summed E-state index contributed by atoms with van der Waals surface area (Å²) in [5, 5.41) is 2.93. The average molecular weight is 427 g/mol. The fourth-order valence-corrected chi connectivity index (χ4v) is 2.47. The topological polar surface area (TPSA) is 58.2 Å². The highest BCUT2D eigenvalue weighted by Crippen LogP contribution is 2.05. The average Bonchev–Trinajstić information content (AvgIpc) is 2.80. The lowest BCUT2D eigenvalue weighted by Crippen LogP contribution is -2.22. The zero-order valence-corrected chi connectivity index (χ0v) is 21.2. The molecule has 2 rings (SSSR count). The van der Waals surface area contributed by atoms with E-state index in [0.29, 0.717) is 11.4 Å². The molecule has 2 aromatic rings. The molecule has 2 aromatic carbocycles. The third-order valence-electron chi connectivity index (χ3n) is 2.68. The first-order valence-corrected chi connectivity index (χ1v) is 12.2. The lowest BCUT2D eigenvalue weighted by Gasteiger charge is -2.02. The Morgan fingerprint density at radius 3 is 1.28 bits per heavy atom. The molecule has 0 unspecified atom stereocenters. The van der Waals surface area contributed by atoms with Gasteiger partial charge in [-0.3, -0.25) is 0 Å². The van der Waals surface area contributed by atoms with Gasteiger partial charge in [0.2, 0.25) is 10.0 Å². The van der Waals surface area contributed by atoms with Crippen molar-refractivity contribution in [1.29, 1.82) is 0 Å². The van der Waals surface area contributed by atoms with Gasteiger partial charge in [0, 0.05) is 6.54 Å². The third-order valence-corrected chi connectivity index (χ3v) is 4.24. The van der Waals surface area contributed by atoms with Crippen LogP contribution in [0.4, 0.5) is 0 Å². The van der Waals surface area contributed by atoms with E-state index in [-0.39, 0.29) is 0 Å². The molecule has 170 valence electrons. The van der Waals surface area contributed by atoms with Crippen LogP contribution >= 0.6 is 0 Å². The molecule has 0 bridgehead atoms. The maximum Gasteiger partial charge on any atom is 0.240 e. The maximum atomic E-state index is 11.3. The predicted molar refractivity (Wildman–Crippen MR) is 132 cm³/mol. The van der Waals surface area contributed by atoms with E-state index in [9.17, 15) is 8.42 Å². The van der Waals surface area contributed by atoms with Crippen molar-refractivity contribution in [1.82, 2.24) is 10.0 Å². The van der Waals surface area contributed by atoms with Gasteiger partial charge in [0.1, 0.15) is 0 Å². The number of rotatable bonds is 4. The molecular formula is C24H46N2O2S. The van der Waals surface area contributed by atoms with Gasteiger partial charge in [-0.25, -0.2) is 13.1 Å². The van der Waals surface area contributed by atoms with Crippen molar-refractivity contribution in [3.63, 3.8) is 0 Å². The molecular weight excluding hydrogens is 380 g/mol. The van der Waals surface area contributed by atoms with Crippen molar-refractivity contribution >= 4 is 10.0 Å². The highest BCUT2D eigenvalue weighted by Gasteiger charge is 2.09. The summed E-state index contributed by atoms with van der Waals surface area (Å²) in [6.07, 6.45) is 0. The molecule has 0 aliphatic carbocycles. The van der Waals surface area contributed by atoms with Gasteiger partial charge in [-0.15, -0.1) is 0 Å². The number of hydrogen-bond acceptors (Lipinski definition) is 3. The Morgan fingerprint density at radius 1 is 0.690 bits per heavy atom. The van der Waals surface area contributed by atoms with Gasteiger partial charge in [0.25, 0.3) is 0 Å². The highest BCUT2D eigenvalue weighted by molar-refractivity contribution is 7.89. The van der Waals surface area contributed by atoms with Crippen LogP contribution in [-0.4, -0.2) is 28.6 Å². The van der Waals surface area contributed by atoms with Crippen molar-refractivity contribution in [2.45, 2.75) is 67.2 Å². The molecule has 29 heavy (non-hydrogen) atoms. The predicted octanol–water partition coefficient (Wildman–Crippen LogP) is 6.28. The molecule has 0 fully saturated rings. The SMILES string of the molecule is CC.CC.CC.CCNC.CCNS(=O)(=O)c1ccccc1.Cc1ccccc1. The van der Waals surface area contributed by atoms with Crippen LogP contribution < -0.4 is 10.0 Å². The Kier molecular flexibility index (Phi) is 34.2. The summed E-state index contributed by atoms with van der Waals surface area (Å²) >= 11 is 0. The Bertz CT molecular complexity index is 599. The molecule has 5 heteroatoms. The lowest BCUT2D eigenvalue weighted by atomic mass is 10.2. The van der Waals surface area contributed by atoms with Gasteiger partial charge in [0.05, 0.1) is 4.90 Å². The van der Waals surface area contributed by atoms with E-state index in [2.05, 4.69) is 36.0 Å². The fourth-order valence-electron chi connectivity index (χ4n) is 1.41. The number of nitrogens with one attached hydrogen (secondary N) is 2. The van der Waals surface area contributed by atoms with Crippen molar-refractivity contribution < 1.29 is 8.42 Å². The monoisotopic (exact) mass is 426 g/mol. The second-order valence-electron chi connectivity index (χ2n) is 4.68. The third kappa shape index (κ3) is 24.3. The summed E-state index contributed by atoms with van der Waals surface area (Å²) < 4.78 is 25.1. The molecule has 4 nitrogen and oxygen atoms in total. The summed E-state index contributed by atoms with van der Waals surface area (Å²) in [6, 6.07) is 18.6. The van der Waals surface area contributed by atoms with Gasteiger partial charge in [-0.2, -0.15) is 0 Å². The zero-order valence-electron chi connectivity index (χ0n) is 20.4. The van der Waals surface area contributed by atoms with Gasteiger partial charge in [0.15, 0.2) is 0 Å². The molecule has 0 aromatic heterocycles. The second kappa shape index (κ2) is 28.5. The quantitative estimate of drug-likeness (QED) is 0.604. The fraction of sp³-hybridized carbons (Fsp3) is 0.500. The van der Waals surface area contributed by atoms with E-state index in [4.69, 9.17) is 0 Å². The number of benzene rings is 2. The first kappa shape index (κ1) is 34.8. The standard InChI is InChI=1S/C8H11NO2S.C7H8.C3H9N.3C2H6/c1-2-9-12(10,11)8-6-4-3-5-7-8;1-7-5-3-2-4-6-7;1-3-4-2;3*1-2/h3-7,9H,2H2,1H3;2-6H,1H3;4H,3H2,1-2H3;3*1-2H3. The van der Waals surface area contributed by atoms with E-state index < -0.39 is 10.0 Å². The smallest absolute Gasteiger partial charge is 0.240 e. The van der Waals surface area contributed by atoms with Crippen molar-refractivity contribution in [3.8, 4) is 0 Å². The van der Waals surface area contributed by atoms with Crippen LogP contribution in [0.25, 0.3) is 0 Å². The van der Waals surface area contributed by atoms with E-state index in [1.54, 1.807) is 37.3 Å². The Morgan fingerprint density at radius 2 is 1.03 bits per heavy atom. The number of sulfonamides is 1. The zero-order chi connectivity index (χ0) is 23.6. The Balaban J connectivity index is -0.000000157. The molecule has 0 saturated heterocycles. The van der Waals surface area contributed by atoms with E-state index >= 15 is 0 Å². The van der Waals surface area contributed by atoms with Crippen LogP contribution in [0.1, 0.15) is 61.0 Å². The van der Waals surface area contributed by atoms with Crippen LogP contribution in [0, 0.1) is 6.92 Å². The van der Waals surface area contributed by atoms with Gasteiger partial charge in [-0.05, 0) is 32.6 Å². The molecule has 0 aliphatic rings. The Labute approximate surface area is 182 Å². The summed E-state index contributed by atoms with van der Waals surface area (Å²) in [4.78, 5) is 0.312. The number of hydrogen-bond donors (Lipinski definition) is 2. The molecule has 0 heterocycles. The van der Waals surface area contributed by atoms with Crippen LogP contribution in [0.2, 0.25) is 0 Å². The van der Waals surface area contributed by atoms with Crippen LogP contribution in [0.3, 0.4) is 0 Å². The lowest BCUT2D eigenvalue weighted by molar-refractivity contribution is 0.584. The van der Waals surface area contributed by atoms with Gasteiger partial charge in [-0.1, -0.05) is 109 Å². The van der Waals surface area contributed by atoms with Crippen LogP contribution in [-0.2, 0) is 10.0 Å². The molecule has 0 radical (unpaired) electrons. The minimum absolute atomic E-state index is 0.312. The molecule has 2 N–H and O–H groups in total. The molecule has 0 saturated carbocycles. The highest BCUT2D eigenvalue weighted by atomic mass is 32.2. The first-order chi connectivity index (χ1) is 14.0. The summed E-state index contributed by atoms with van der Waals surface area (Å²) in [5.41, 5.74) is 1.32. The first-order valence-electron chi connectivity index (χ1n) is 10.7. The van der Waals surface area contributed by atoms with E-state index in [1.165, 1.54) is 5.56 Å². The maximum absolute atomic E-state index is 11.3. The van der Waals surface area contributed by atoms with Crippen molar-refractivity contribution in [2.24, 2.45) is 0 Å². The molecule has 0 spiro atoms. The minimum Gasteiger partial charge on any atom is -0.320 e. The van der Waals surface area contributed by atoms with Crippen molar-refractivity contribution in [2.75, 3.05) is 20.1 Å². The molecule has 0 aliphatic heterocycles. The van der Waals surface area contributed by atoms with Crippen LogP contribution in [0.15, 0.2) is 65.6 Å². The van der Waals surface area contributed by atoms with Gasteiger partial charge >= 0.3 is 0 Å².